The first kappa shape index (κ1) is 22.5. The highest BCUT2D eigenvalue weighted by Crippen LogP contribution is 2.31. The molecule has 31 heavy (non-hydrogen) atoms. The number of hydrogen-bond donors (Lipinski definition) is 1. The van der Waals surface area contributed by atoms with E-state index in [0.29, 0.717) is 29.4 Å². The Morgan fingerprint density at radius 1 is 0.968 bits per heavy atom. The molecule has 3 rings (SSSR count). The van der Waals surface area contributed by atoms with Crippen molar-refractivity contribution in [1.82, 2.24) is 4.90 Å². The second kappa shape index (κ2) is 10.7. The number of carbonyl (C=O) groups is 2. The summed E-state index contributed by atoms with van der Waals surface area (Å²) in [6, 6.07) is 12.9. The second-order valence-corrected chi connectivity index (χ2v) is 7.67. The molecule has 0 aliphatic heterocycles. The van der Waals surface area contributed by atoms with Crippen LogP contribution >= 0.6 is 0 Å². The van der Waals surface area contributed by atoms with Gasteiger partial charge in [0.15, 0.2) is 18.1 Å². The lowest BCUT2D eigenvalue weighted by Gasteiger charge is -2.35. The van der Waals surface area contributed by atoms with E-state index in [0.717, 1.165) is 31.2 Å². The largest absolute Gasteiger partial charge is 0.496 e. The number of ether oxygens (including phenoxy) is 3. The van der Waals surface area contributed by atoms with Crippen LogP contribution < -0.4 is 19.9 Å². The minimum Gasteiger partial charge on any atom is -0.496 e. The van der Waals surface area contributed by atoms with Gasteiger partial charge in [0.05, 0.1) is 19.8 Å². The van der Waals surface area contributed by atoms with Crippen molar-refractivity contribution in [3.05, 3.63) is 53.6 Å². The number of amides is 2. The topological polar surface area (TPSA) is 91.1 Å². The molecular formula is C24H30N2O5. The predicted molar refractivity (Wildman–Crippen MR) is 117 cm³/mol. The van der Waals surface area contributed by atoms with Crippen molar-refractivity contribution in [1.29, 1.82) is 0 Å². The standard InChI is InChI=1S/C24H30N2O5/c1-29-20-11-7-6-10-19(20)24(28)26(18-8-4-3-5-9-18)15-17-12-13-21(22(14-17)30-2)31-16-23(25)27/h6-7,10-14,18H,3-5,8-9,15-16H2,1-2H3,(H2,25,27). The zero-order chi connectivity index (χ0) is 22.2. The maximum absolute atomic E-state index is 13.6. The third-order valence-electron chi connectivity index (χ3n) is 5.56. The molecule has 1 saturated carbocycles. The van der Waals surface area contributed by atoms with Crippen LogP contribution in [0.1, 0.15) is 48.0 Å². The summed E-state index contributed by atoms with van der Waals surface area (Å²) < 4.78 is 16.3. The SMILES string of the molecule is COc1cc(CN(C(=O)c2ccccc2OC)C2CCCCC2)ccc1OCC(N)=O. The first-order valence-corrected chi connectivity index (χ1v) is 10.6. The van der Waals surface area contributed by atoms with Gasteiger partial charge >= 0.3 is 0 Å². The van der Waals surface area contributed by atoms with Gasteiger partial charge in [0.2, 0.25) is 0 Å². The van der Waals surface area contributed by atoms with Crippen LogP contribution in [0.4, 0.5) is 0 Å². The Labute approximate surface area is 183 Å². The number of nitrogens with two attached hydrogens (primary N) is 1. The van der Waals surface area contributed by atoms with Crippen LogP contribution in [-0.2, 0) is 11.3 Å². The van der Waals surface area contributed by atoms with E-state index in [9.17, 15) is 9.59 Å². The molecule has 0 atom stereocenters. The quantitative estimate of drug-likeness (QED) is 0.662. The molecule has 0 saturated heterocycles. The summed E-state index contributed by atoms with van der Waals surface area (Å²) in [5, 5.41) is 0. The monoisotopic (exact) mass is 426 g/mol. The Hall–Kier alpha value is -3.22. The van der Waals surface area contributed by atoms with Crippen LogP contribution in [-0.4, -0.2) is 43.6 Å². The zero-order valence-corrected chi connectivity index (χ0v) is 18.1. The molecule has 0 spiro atoms. The van der Waals surface area contributed by atoms with E-state index in [4.69, 9.17) is 19.9 Å². The molecule has 0 unspecified atom stereocenters. The van der Waals surface area contributed by atoms with Crippen molar-refractivity contribution in [2.45, 2.75) is 44.7 Å². The Morgan fingerprint density at radius 3 is 2.35 bits per heavy atom. The highest BCUT2D eigenvalue weighted by molar-refractivity contribution is 5.97. The van der Waals surface area contributed by atoms with Crippen LogP contribution in [0.3, 0.4) is 0 Å². The number of rotatable bonds is 9. The van der Waals surface area contributed by atoms with Crippen molar-refractivity contribution in [2.24, 2.45) is 5.73 Å². The molecule has 2 N–H and O–H groups in total. The second-order valence-electron chi connectivity index (χ2n) is 7.67. The Kier molecular flexibility index (Phi) is 7.76. The summed E-state index contributed by atoms with van der Waals surface area (Å²) in [7, 11) is 3.11. The third kappa shape index (κ3) is 5.69. The normalized spacial score (nSPS) is 14.0. The lowest BCUT2D eigenvalue weighted by atomic mass is 9.93. The molecule has 1 aliphatic rings. The van der Waals surface area contributed by atoms with Crippen molar-refractivity contribution < 1.29 is 23.8 Å². The number of methoxy groups -OCH3 is 2. The molecule has 0 bridgehead atoms. The molecule has 1 aliphatic carbocycles. The Balaban J connectivity index is 1.88. The molecule has 7 heteroatoms. The molecule has 7 nitrogen and oxygen atoms in total. The van der Waals surface area contributed by atoms with Gasteiger partial charge in [-0.05, 0) is 42.7 Å². The van der Waals surface area contributed by atoms with Crippen LogP contribution in [0.5, 0.6) is 17.2 Å². The fourth-order valence-electron chi connectivity index (χ4n) is 4.01. The molecule has 1 fully saturated rings. The summed E-state index contributed by atoms with van der Waals surface area (Å²) in [5.74, 6) is 0.896. The zero-order valence-electron chi connectivity index (χ0n) is 18.1. The van der Waals surface area contributed by atoms with Crippen LogP contribution in [0.15, 0.2) is 42.5 Å². The van der Waals surface area contributed by atoms with Crippen molar-refractivity contribution in [3.8, 4) is 17.2 Å². The highest BCUT2D eigenvalue weighted by atomic mass is 16.5. The van der Waals surface area contributed by atoms with E-state index in [1.54, 1.807) is 25.3 Å². The van der Waals surface area contributed by atoms with Gasteiger partial charge in [0.1, 0.15) is 5.75 Å². The number of nitrogens with zero attached hydrogens (tertiary/aromatic N) is 1. The number of carbonyl (C=O) groups excluding carboxylic acids is 2. The van der Waals surface area contributed by atoms with Crippen molar-refractivity contribution >= 4 is 11.8 Å². The van der Waals surface area contributed by atoms with Gasteiger partial charge in [-0.15, -0.1) is 0 Å². The van der Waals surface area contributed by atoms with Gasteiger partial charge in [-0.3, -0.25) is 9.59 Å². The summed E-state index contributed by atoms with van der Waals surface area (Å²) in [6.45, 7) is 0.213. The fourth-order valence-corrected chi connectivity index (χ4v) is 4.01. The Bertz CT molecular complexity index is 909. The van der Waals surface area contributed by atoms with E-state index < -0.39 is 5.91 Å². The van der Waals surface area contributed by atoms with Crippen molar-refractivity contribution in [2.75, 3.05) is 20.8 Å². The first-order chi connectivity index (χ1) is 15.0. The lowest BCUT2D eigenvalue weighted by molar-refractivity contribution is -0.119. The van der Waals surface area contributed by atoms with Gasteiger partial charge in [0, 0.05) is 12.6 Å². The minimum absolute atomic E-state index is 0.0441. The van der Waals surface area contributed by atoms with E-state index in [2.05, 4.69) is 0 Å². The summed E-state index contributed by atoms with van der Waals surface area (Å²) in [4.78, 5) is 26.5. The van der Waals surface area contributed by atoms with Gasteiger partial charge < -0.3 is 24.8 Å². The van der Waals surface area contributed by atoms with Gasteiger partial charge in [-0.1, -0.05) is 37.5 Å². The predicted octanol–water partition coefficient (Wildman–Crippen LogP) is 3.54. The van der Waals surface area contributed by atoms with E-state index in [1.807, 2.05) is 29.2 Å². The first-order valence-electron chi connectivity index (χ1n) is 10.6. The summed E-state index contributed by atoms with van der Waals surface area (Å²) in [5.41, 5.74) is 6.64. The van der Waals surface area contributed by atoms with E-state index in [1.165, 1.54) is 13.5 Å². The molecule has 2 amide bonds. The number of para-hydroxylation sites is 1. The molecule has 0 aromatic heterocycles. The molecule has 0 radical (unpaired) electrons. The summed E-state index contributed by atoms with van der Waals surface area (Å²) in [6.07, 6.45) is 5.40. The highest BCUT2D eigenvalue weighted by Gasteiger charge is 2.28. The average molecular weight is 427 g/mol. The Morgan fingerprint density at radius 2 is 1.68 bits per heavy atom. The van der Waals surface area contributed by atoms with Gasteiger partial charge in [0.25, 0.3) is 11.8 Å². The van der Waals surface area contributed by atoms with E-state index >= 15 is 0 Å². The van der Waals surface area contributed by atoms with Crippen LogP contribution in [0, 0.1) is 0 Å². The lowest BCUT2D eigenvalue weighted by Crippen LogP contribution is -2.41. The molecule has 2 aromatic rings. The van der Waals surface area contributed by atoms with Crippen LogP contribution in [0.2, 0.25) is 0 Å². The molecule has 2 aromatic carbocycles. The summed E-state index contributed by atoms with van der Waals surface area (Å²) >= 11 is 0. The minimum atomic E-state index is -0.558. The smallest absolute Gasteiger partial charge is 0.258 e. The van der Waals surface area contributed by atoms with Crippen LogP contribution in [0.25, 0.3) is 0 Å². The number of primary amides is 1. The maximum atomic E-state index is 13.6. The third-order valence-corrected chi connectivity index (χ3v) is 5.56. The van der Waals surface area contributed by atoms with E-state index in [-0.39, 0.29) is 18.6 Å². The number of hydrogen-bond acceptors (Lipinski definition) is 5. The van der Waals surface area contributed by atoms with Crippen molar-refractivity contribution in [3.63, 3.8) is 0 Å². The fraction of sp³-hybridized carbons (Fsp3) is 0.417. The average Bonchev–Trinajstić information content (AvgIpc) is 2.81. The molecular weight excluding hydrogens is 396 g/mol. The molecule has 0 heterocycles. The molecule has 166 valence electrons. The number of benzene rings is 2. The van der Waals surface area contributed by atoms with Gasteiger partial charge in [-0.25, -0.2) is 0 Å². The van der Waals surface area contributed by atoms with Gasteiger partial charge in [-0.2, -0.15) is 0 Å². The maximum Gasteiger partial charge on any atom is 0.258 e.